The number of benzene rings is 2. The summed E-state index contributed by atoms with van der Waals surface area (Å²) >= 11 is 5.84. The topological polar surface area (TPSA) is 67.7 Å². The molecule has 33 heavy (non-hydrogen) atoms. The molecule has 0 spiro atoms. The monoisotopic (exact) mass is 470 g/mol. The number of amides is 1. The first kappa shape index (κ1) is 22.8. The summed E-state index contributed by atoms with van der Waals surface area (Å²) in [6.07, 6.45) is -0.358. The lowest BCUT2D eigenvalue weighted by Gasteiger charge is -2.35. The Morgan fingerprint density at radius 1 is 1.09 bits per heavy atom. The van der Waals surface area contributed by atoms with Gasteiger partial charge in [-0.15, -0.1) is 0 Å². The van der Waals surface area contributed by atoms with E-state index >= 15 is 0 Å². The summed E-state index contributed by atoms with van der Waals surface area (Å²) in [6.45, 7) is 3.95. The van der Waals surface area contributed by atoms with E-state index in [0.29, 0.717) is 37.6 Å². The average molecular weight is 471 g/mol. The molecule has 1 fully saturated rings. The van der Waals surface area contributed by atoms with E-state index in [1.807, 2.05) is 35.2 Å². The molecule has 0 N–H and O–H groups in total. The SMILES string of the molecule is CC(c1ccc(Cl)cc1F)n1nc(N2CCN(C(=O)OCc3ccccc3)CC2)ccc1=O. The summed E-state index contributed by atoms with van der Waals surface area (Å²) in [5, 5.41) is 4.77. The van der Waals surface area contributed by atoms with Crippen molar-refractivity contribution in [3.8, 4) is 0 Å². The van der Waals surface area contributed by atoms with E-state index in [9.17, 15) is 14.0 Å². The summed E-state index contributed by atoms with van der Waals surface area (Å²) < 4.78 is 21.0. The fourth-order valence-corrected chi connectivity index (χ4v) is 3.92. The molecule has 1 atom stereocenters. The number of carbonyl (C=O) groups is 1. The molecule has 2 heterocycles. The van der Waals surface area contributed by atoms with E-state index in [1.54, 1.807) is 30.0 Å². The Kier molecular flexibility index (Phi) is 6.93. The van der Waals surface area contributed by atoms with Crippen LogP contribution in [0.4, 0.5) is 15.0 Å². The predicted molar refractivity (Wildman–Crippen MR) is 124 cm³/mol. The first-order valence-corrected chi connectivity index (χ1v) is 11.1. The Labute approximate surface area is 196 Å². The van der Waals surface area contributed by atoms with E-state index < -0.39 is 11.9 Å². The molecule has 3 aromatic rings. The number of rotatable bonds is 5. The highest BCUT2D eigenvalue weighted by Crippen LogP contribution is 2.23. The van der Waals surface area contributed by atoms with Gasteiger partial charge in [-0.25, -0.2) is 13.9 Å². The van der Waals surface area contributed by atoms with Crippen molar-refractivity contribution in [3.05, 3.63) is 93.0 Å². The zero-order chi connectivity index (χ0) is 23.4. The van der Waals surface area contributed by atoms with Crippen molar-refractivity contribution < 1.29 is 13.9 Å². The minimum absolute atomic E-state index is 0.228. The molecule has 1 aliphatic heterocycles. The maximum Gasteiger partial charge on any atom is 0.410 e. The third-order valence-electron chi connectivity index (χ3n) is 5.66. The van der Waals surface area contributed by atoms with Crippen molar-refractivity contribution in [1.82, 2.24) is 14.7 Å². The quantitative estimate of drug-likeness (QED) is 0.561. The number of carbonyl (C=O) groups excluding carboxylic acids is 1. The number of ether oxygens (including phenoxy) is 1. The number of hydrogen-bond donors (Lipinski definition) is 0. The number of aromatic nitrogens is 2. The van der Waals surface area contributed by atoms with Gasteiger partial charge in [-0.1, -0.05) is 48.0 Å². The van der Waals surface area contributed by atoms with Gasteiger partial charge in [0.1, 0.15) is 18.2 Å². The van der Waals surface area contributed by atoms with Crippen LogP contribution in [0.1, 0.15) is 24.1 Å². The first-order valence-electron chi connectivity index (χ1n) is 10.7. The van der Waals surface area contributed by atoms with Crippen LogP contribution in [0.2, 0.25) is 5.02 Å². The second kappa shape index (κ2) is 10.0. The predicted octanol–water partition coefficient (Wildman–Crippen LogP) is 4.10. The molecule has 4 rings (SSSR count). The molecule has 0 radical (unpaired) electrons. The Balaban J connectivity index is 1.40. The van der Waals surface area contributed by atoms with E-state index in [1.165, 1.54) is 16.8 Å². The van der Waals surface area contributed by atoms with Crippen molar-refractivity contribution in [1.29, 1.82) is 0 Å². The summed E-state index contributed by atoms with van der Waals surface area (Å²) in [5.74, 6) is 0.102. The van der Waals surface area contributed by atoms with Crippen LogP contribution < -0.4 is 10.5 Å². The average Bonchev–Trinajstić information content (AvgIpc) is 2.83. The lowest BCUT2D eigenvalue weighted by molar-refractivity contribution is 0.0941. The van der Waals surface area contributed by atoms with Gasteiger partial charge in [0, 0.05) is 42.8 Å². The second-order valence-electron chi connectivity index (χ2n) is 7.83. The van der Waals surface area contributed by atoms with Crippen LogP contribution in [-0.2, 0) is 11.3 Å². The highest BCUT2D eigenvalue weighted by Gasteiger charge is 2.24. The number of halogens is 2. The molecule has 172 valence electrons. The fraction of sp³-hybridized carbons (Fsp3) is 0.292. The van der Waals surface area contributed by atoms with Crippen LogP contribution in [0.25, 0.3) is 0 Å². The summed E-state index contributed by atoms with van der Waals surface area (Å²) in [5.41, 5.74) is 0.933. The molecule has 1 aliphatic rings. The van der Waals surface area contributed by atoms with Crippen LogP contribution in [0.3, 0.4) is 0 Å². The largest absolute Gasteiger partial charge is 0.445 e. The lowest BCUT2D eigenvalue weighted by Crippen LogP contribution is -2.49. The fourth-order valence-electron chi connectivity index (χ4n) is 3.76. The normalized spacial score (nSPS) is 14.8. The Morgan fingerprint density at radius 3 is 2.52 bits per heavy atom. The van der Waals surface area contributed by atoms with E-state index in [4.69, 9.17) is 16.3 Å². The van der Waals surface area contributed by atoms with Gasteiger partial charge >= 0.3 is 6.09 Å². The molecular formula is C24H24ClFN4O3. The van der Waals surface area contributed by atoms with Crippen LogP contribution >= 0.6 is 11.6 Å². The van der Waals surface area contributed by atoms with Gasteiger partial charge in [0.15, 0.2) is 0 Å². The summed E-state index contributed by atoms with van der Waals surface area (Å²) in [4.78, 5) is 28.5. The van der Waals surface area contributed by atoms with Crippen LogP contribution in [0.15, 0.2) is 65.5 Å². The smallest absolute Gasteiger partial charge is 0.410 e. The molecule has 2 aromatic carbocycles. The second-order valence-corrected chi connectivity index (χ2v) is 8.27. The Hall–Kier alpha value is -3.39. The molecule has 0 aliphatic carbocycles. The highest BCUT2D eigenvalue weighted by atomic mass is 35.5. The number of anilines is 1. The van der Waals surface area contributed by atoms with E-state index in [0.717, 1.165) is 5.56 Å². The third kappa shape index (κ3) is 5.34. The minimum atomic E-state index is -0.607. The zero-order valence-electron chi connectivity index (χ0n) is 18.2. The standard InChI is InChI=1S/C24H24ClFN4O3/c1-17(20-8-7-19(25)15-21(20)26)30-23(31)10-9-22(27-30)28-11-13-29(14-12-28)24(32)33-16-18-5-3-2-4-6-18/h2-10,15,17H,11-14,16H2,1H3. The summed E-state index contributed by atoms with van der Waals surface area (Å²) in [7, 11) is 0. The van der Waals surface area contributed by atoms with Gasteiger partial charge in [-0.2, -0.15) is 5.10 Å². The summed E-state index contributed by atoms with van der Waals surface area (Å²) in [6, 6.07) is 16.3. The van der Waals surface area contributed by atoms with Crippen molar-refractivity contribution in [3.63, 3.8) is 0 Å². The van der Waals surface area contributed by atoms with Crippen LogP contribution in [0.5, 0.6) is 0 Å². The van der Waals surface area contributed by atoms with Crippen molar-refractivity contribution in [2.45, 2.75) is 19.6 Å². The van der Waals surface area contributed by atoms with Crippen molar-refractivity contribution in [2.24, 2.45) is 0 Å². The first-order chi connectivity index (χ1) is 15.9. The van der Waals surface area contributed by atoms with Crippen molar-refractivity contribution in [2.75, 3.05) is 31.1 Å². The van der Waals surface area contributed by atoms with Crippen LogP contribution in [0, 0.1) is 5.82 Å². The van der Waals surface area contributed by atoms with E-state index in [-0.39, 0.29) is 23.3 Å². The van der Waals surface area contributed by atoms with Crippen molar-refractivity contribution >= 4 is 23.5 Å². The molecule has 0 saturated carbocycles. The molecule has 1 aromatic heterocycles. The maximum atomic E-state index is 14.4. The molecule has 1 amide bonds. The molecular weight excluding hydrogens is 447 g/mol. The maximum absolute atomic E-state index is 14.4. The number of nitrogens with zero attached hydrogens (tertiary/aromatic N) is 4. The van der Waals surface area contributed by atoms with Gasteiger partial charge in [0.25, 0.3) is 5.56 Å². The molecule has 9 heteroatoms. The Bertz CT molecular complexity index is 1180. The van der Waals surface area contributed by atoms with Gasteiger partial charge in [-0.05, 0) is 30.7 Å². The molecule has 7 nitrogen and oxygen atoms in total. The van der Waals surface area contributed by atoms with Gasteiger partial charge in [0.2, 0.25) is 0 Å². The molecule has 1 saturated heterocycles. The van der Waals surface area contributed by atoms with E-state index in [2.05, 4.69) is 5.10 Å². The van der Waals surface area contributed by atoms with Gasteiger partial charge in [0.05, 0.1) is 6.04 Å². The Morgan fingerprint density at radius 2 is 1.82 bits per heavy atom. The van der Waals surface area contributed by atoms with Gasteiger partial charge < -0.3 is 14.5 Å². The molecule has 1 unspecified atom stereocenters. The third-order valence-corrected chi connectivity index (χ3v) is 5.89. The zero-order valence-corrected chi connectivity index (χ0v) is 18.9. The van der Waals surface area contributed by atoms with Gasteiger partial charge in [-0.3, -0.25) is 4.79 Å². The number of piperazine rings is 1. The lowest BCUT2D eigenvalue weighted by atomic mass is 10.1. The van der Waals surface area contributed by atoms with Crippen LogP contribution in [-0.4, -0.2) is 47.0 Å². The molecule has 0 bridgehead atoms. The number of hydrogen-bond acceptors (Lipinski definition) is 5. The highest BCUT2D eigenvalue weighted by molar-refractivity contribution is 6.30. The minimum Gasteiger partial charge on any atom is -0.445 e.